The lowest BCUT2D eigenvalue weighted by molar-refractivity contribution is -0.137. The number of halogens is 3. The van der Waals surface area contributed by atoms with E-state index in [1.807, 2.05) is 36.4 Å². The van der Waals surface area contributed by atoms with Crippen molar-refractivity contribution in [3.8, 4) is 5.75 Å². The summed E-state index contributed by atoms with van der Waals surface area (Å²) in [5.41, 5.74) is 3.30. The predicted molar refractivity (Wildman–Crippen MR) is 140 cm³/mol. The number of hydrogen-bond acceptors (Lipinski definition) is 4. The summed E-state index contributed by atoms with van der Waals surface area (Å²) in [6, 6.07) is 21.8. The normalized spacial score (nSPS) is 15.2. The summed E-state index contributed by atoms with van der Waals surface area (Å²) in [4.78, 5) is 7.31. The van der Waals surface area contributed by atoms with Crippen LogP contribution in [0.3, 0.4) is 0 Å². The molecule has 1 aliphatic rings. The number of benzene rings is 3. The van der Waals surface area contributed by atoms with Gasteiger partial charge in [0, 0.05) is 25.7 Å². The van der Waals surface area contributed by atoms with E-state index in [9.17, 15) is 13.2 Å². The fourth-order valence-corrected chi connectivity index (χ4v) is 4.89. The number of imidazole rings is 1. The highest BCUT2D eigenvalue weighted by Crippen LogP contribution is 2.30. The second-order valence-corrected chi connectivity index (χ2v) is 9.56. The van der Waals surface area contributed by atoms with Gasteiger partial charge in [0.25, 0.3) is 0 Å². The minimum atomic E-state index is -4.34. The van der Waals surface area contributed by atoms with Gasteiger partial charge < -0.3 is 19.5 Å². The van der Waals surface area contributed by atoms with Crippen molar-refractivity contribution in [2.75, 3.05) is 32.1 Å². The lowest BCUT2D eigenvalue weighted by Gasteiger charge is -2.32. The molecule has 5 rings (SSSR count). The number of likely N-dealkylation sites (tertiary alicyclic amines) is 1. The number of aromatic nitrogens is 2. The molecular weight excluding hydrogens is 477 g/mol. The van der Waals surface area contributed by atoms with E-state index in [0.29, 0.717) is 12.6 Å². The van der Waals surface area contributed by atoms with Crippen molar-refractivity contribution in [3.05, 3.63) is 89.5 Å². The van der Waals surface area contributed by atoms with Crippen LogP contribution >= 0.6 is 0 Å². The van der Waals surface area contributed by atoms with Crippen LogP contribution in [-0.4, -0.2) is 47.2 Å². The molecule has 0 unspecified atom stereocenters. The minimum absolute atomic E-state index is 0.292. The van der Waals surface area contributed by atoms with Gasteiger partial charge in [0.15, 0.2) is 0 Å². The first-order valence-electron chi connectivity index (χ1n) is 12.6. The highest BCUT2D eigenvalue weighted by atomic mass is 19.4. The Hall–Kier alpha value is -3.52. The highest BCUT2D eigenvalue weighted by Gasteiger charge is 2.30. The summed E-state index contributed by atoms with van der Waals surface area (Å²) in [7, 11) is 1.68. The number of alkyl halides is 3. The molecule has 0 amide bonds. The number of fused-ring (bicyclic) bond motifs is 1. The number of para-hydroxylation sites is 2. The molecule has 1 aliphatic heterocycles. The van der Waals surface area contributed by atoms with Gasteiger partial charge >= 0.3 is 6.18 Å². The number of nitrogens with zero attached hydrogens (tertiary/aromatic N) is 3. The fourth-order valence-electron chi connectivity index (χ4n) is 4.89. The van der Waals surface area contributed by atoms with Gasteiger partial charge in [0.2, 0.25) is 5.95 Å². The third-order valence-corrected chi connectivity index (χ3v) is 7.07. The number of ether oxygens (including phenoxy) is 1. The Morgan fingerprint density at radius 2 is 1.59 bits per heavy atom. The van der Waals surface area contributed by atoms with E-state index in [4.69, 9.17) is 9.72 Å². The van der Waals surface area contributed by atoms with Crippen LogP contribution in [0.2, 0.25) is 0 Å². The zero-order valence-corrected chi connectivity index (χ0v) is 20.8. The first kappa shape index (κ1) is 25.1. The van der Waals surface area contributed by atoms with Crippen molar-refractivity contribution < 1.29 is 17.9 Å². The topological polar surface area (TPSA) is 42.3 Å². The van der Waals surface area contributed by atoms with Gasteiger partial charge in [0.05, 0.1) is 30.3 Å². The van der Waals surface area contributed by atoms with E-state index in [1.165, 1.54) is 5.56 Å². The zero-order valence-electron chi connectivity index (χ0n) is 20.8. The molecule has 1 N–H and O–H groups in total. The molecular formula is C29H31F3N4O. The van der Waals surface area contributed by atoms with Crippen molar-refractivity contribution in [1.82, 2.24) is 14.5 Å². The minimum Gasteiger partial charge on any atom is -0.497 e. The summed E-state index contributed by atoms with van der Waals surface area (Å²) in [5.74, 6) is 1.64. The van der Waals surface area contributed by atoms with Crippen LogP contribution in [0.1, 0.15) is 29.5 Å². The Bertz CT molecular complexity index is 1310. The Labute approximate surface area is 214 Å². The van der Waals surface area contributed by atoms with Crippen LogP contribution in [0.5, 0.6) is 5.75 Å². The van der Waals surface area contributed by atoms with Crippen molar-refractivity contribution in [2.45, 2.75) is 38.0 Å². The maximum Gasteiger partial charge on any atom is 0.416 e. The number of piperidine rings is 1. The molecule has 194 valence electrons. The van der Waals surface area contributed by atoms with Crippen LogP contribution in [-0.2, 0) is 19.1 Å². The van der Waals surface area contributed by atoms with Gasteiger partial charge in [-0.05, 0) is 66.8 Å². The molecule has 0 bridgehead atoms. The molecule has 0 aliphatic carbocycles. The van der Waals surface area contributed by atoms with Crippen LogP contribution in [0.25, 0.3) is 11.0 Å². The Morgan fingerprint density at radius 1 is 0.919 bits per heavy atom. The third-order valence-electron chi connectivity index (χ3n) is 7.07. The van der Waals surface area contributed by atoms with E-state index >= 15 is 0 Å². The molecule has 1 fully saturated rings. The molecule has 3 aromatic carbocycles. The third kappa shape index (κ3) is 6.07. The summed E-state index contributed by atoms with van der Waals surface area (Å²) in [5, 5.41) is 3.63. The smallest absolute Gasteiger partial charge is 0.416 e. The van der Waals surface area contributed by atoms with Gasteiger partial charge in [-0.2, -0.15) is 13.2 Å². The fraction of sp³-hybridized carbons (Fsp3) is 0.345. The van der Waals surface area contributed by atoms with E-state index in [0.717, 1.165) is 79.3 Å². The molecule has 8 heteroatoms. The van der Waals surface area contributed by atoms with Gasteiger partial charge in [-0.25, -0.2) is 4.98 Å². The van der Waals surface area contributed by atoms with E-state index in [-0.39, 0.29) is 0 Å². The van der Waals surface area contributed by atoms with Gasteiger partial charge in [-0.15, -0.1) is 0 Å². The molecule has 2 heterocycles. The SMILES string of the molecule is COc1ccc(CCN2CCC(Nc3nc4ccccc4n3Cc3ccc(C(F)(F)F)cc3)CC2)cc1. The molecule has 0 saturated carbocycles. The summed E-state index contributed by atoms with van der Waals surface area (Å²) in [6.45, 7) is 3.48. The standard InChI is InChI=1S/C29H31F3N4O/c1-37-25-12-8-21(9-13-25)14-17-35-18-15-24(16-19-35)33-28-34-26-4-2-3-5-27(26)36(28)20-22-6-10-23(11-7-22)29(30,31)32/h2-13,24H,14-20H2,1H3,(H,33,34). The monoisotopic (exact) mass is 508 g/mol. The van der Waals surface area contributed by atoms with Crippen molar-refractivity contribution in [1.29, 1.82) is 0 Å². The number of hydrogen-bond donors (Lipinski definition) is 1. The van der Waals surface area contributed by atoms with Crippen molar-refractivity contribution >= 4 is 17.0 Å². The molecule has 0 radical (unpaired) electrons. The second-order valence-electron chi connectivity index (χ2n) is 9.56. The number of anilines is 1. The van der Waals surface area contributed by atoms with Crippen LogP contribution in [0, 0.1) is 0 Å². The number of methoxy groups -OCH3 is 1. The zero-order chi connectivity index (χ0) is 25.8. The second kappa shape index (κ2) is 10.8. The number of rotatable bonds is 8. The van der Waals surface area contributed by atoms with Crippen LogP contribution < -0.4 is 10.1 Å². The Balaban J connectivity index is 1.22. The maximum absolute atomic E-state index is 13.0. The molecule has 0 spiro atoms. The predicted octanol–water partition coefficient (Wildman–Crippen LogP) is 6.23. The average Bonchev–Trinajstić information content (AvgIpc) is 3.25. The summed E-state index contributed by atoms with van der Waals surface area (Å²) >= 11 is 0. The summed E-state index contributed by atoms with van der Waals surface area (Å²) in [6.07, 6.45) is -1.32. The average molecular weight is 509 g/mol. The first-order valence-corrected chi connectivity index (χ1v) is 12.6. The largest absolute Gasteiger partial charge is 0.497 e. The highest BCUT2D eigenvalue weighted by molar-refractivity contribution is 5.78. The first-order chi connectivity index (χ1) is 17.9. The van der Waals surface area contributed by atoms with E-state index in [1.54, 1.807) is 19.2 Å². The van der Waals surface area contributed by atoms with Gasteiger partial charge in [0.1, 0.15) is 5.75 Å². The quantitative estimate of drug-likeness (QED) is 0.306. The maximum atomic E-state index is 13.0. The number of nitrogens with one attached hydrogen (secondary N) is 1. The van der Waals surface area contributed by atoms with Crippen LogP contribution in [0.15, 0.2) is 72.8 Å². The lowest BCUT2D eigenvalue weighted by atomic mass is 10.0. The Morgan fingerprint density at radius 3 is 2.27 bits per heavy atom. The molecule has 5 nitrogen and oxygen atoms in total. The molecule has 37 heavy (non-hydrogen) atoms. The molecule has 4 aromatic rings. The van der Waals surface area contributed by atoms with E-state index < -0.39 is 11.7 Å². The van der Waals surface area contributed by atoms with Gasteiger partial charge in [-0.3, -0.25) is 0 Å². The van der Waals surface area contributed by atoms with Crippen molar-refractivity contribution in [3.63, 3.8) is 0 Å². The molecule has 1 saturated heterocycles. The van der Waals surface area contributed by atoms with Crippen LogP contribution in [0.4, 0.5) is 19.1 Å². The van der Waals surface area contributed by atoms with Gasteiger partial charge in [-0.1, -0.05) is 36.4 Å². The molecule has 1 aromatic heterocycles. The Kier molecular flexibility index (Phi) is 7.37. The lowest BCUT2D eigenvalue weighted by Crippen LogP contribution is -2.40. The van der Waals surface area contributed by atoms with E-state index in [2.05, 4.69) is 26.9 Å². The molecule has 0 atom stereocenters. The summed E-state index contributed by atoms with van der Waals surface area (Å²) < 4.78 is 46.3. The van der Waals surface area contributed by atoms with Crippen molar-refractivity contribution in [2.24, 2.45) is 0 Å².